The molecule has 11 heteroatoms. The molecule has 1 amide bonds. The highest BCUT2D eigenvalue weighted by atomic mass is 32.2. The monoisotopic (exact) mass is 448 g/mol. The smallest absolute Gasteiger partial charge is 0.246 e. The molecular formula is C20H21FN4O5S. The minimum Gasteiger partial charge on any atom is -0.497 e. The van der Waals surface area contributed by atoms with Gasteiger partial charge >= 0.3 is 0 Å². The van der Waals surface area contributed by atoms with Crippen molar-refractivity contribution in [1.82, 2.24) is 15.5 Å². The number of carbonyl (C=O) groups excluding carboxylic acids is 1. The molecular weight excluding hydrogens is 427 g/mol. The summed E-state index contributed by atoms with van der Waals surface area (Å²) in [6, 6.07) is 10.9. The second-order valence-electron chi connectivity index (χ2n) is 6.67. The van der Waals surface area contributed by atoms with Crippen molar-refractivity contribution in [1.29, 1.82) is 0 Å². The van der Waals surface area contributed by atoms with Crippen molar-refractivity contribution < 1.29 is 26.9 Å². The molecule has 0 aliphatic carbocycles. The Morgan fingerprint density at radius 1 is 1.26 bits per heavy atom. The maximum Gasteiger partial charge on any atom is 0.246 e. The zero-order valence-corrected chi connectivity index (χ0v) is 17.9. The largest absolute Gasteiger partial charge is 0.497 e. The molecule has 1 atom stereocenters. The van der Waals surface area contributed by atoms with E-state index in [9.17, 15) is 17.6 Å². The first-order chi connectivity index (χ1) is 14.7. The van der Waals surface area contributed by atoms with Gasteiger partial charge in [-0.25, -0.2) is 12.8 Å². The fourth-order valence-corrected chi connectivity index (χ4v) is 4.08. The Labute approximate surface area is 178 Å². The molecule has 0 saturated heterocycles. The lowest BCUT2D eigenvalue weighted by Crippen LogP contribution is -2.47. The van der Waals surface area contributed by atoms with Gasteiger partial charge in [0.2, 0.25) is 27.6 Å². The van der Waals surface area contributed by atoms with Gasteiger partial charge in [-0.15, -0.1) is 0 Å². The van der Waals surface area contributed by atoms with E-state index in [4.69, 9.17) is 9.26 Å². The summed E-state index contributed by atoms with van der Waals surface area (Å²) in [4.78, 5) is 16.8. The van der Waals surface area contributed by atoms with Crippen molar-refractivity contribution in [3.63, 3.8) is 0 Å². The van der Waals surface area contributed by atoms with Crippen molar-refractivity contribution in [3.8, 4) is 17.1 Å². The average molecular weight is 448 g/mol. The molecule has 1 N–H and O–H groups in total. The van der Waals surface area contributed by atoms with Crippen LogP contribution in [0.2, 0.25) is 0 Å². The number of nitrogens with one attached hydrogen (secondary N) is 1. The van der Waals surface area contributed by atoms with E-state index in [1.807, 2.05) is 0 Å². The molecule has 0 saturated carbocycles. The number of halogens is 1. The quantitative estimate of drug-likeness (QED) is 0.563. The number of carbonyl (C=O) groups is 1. The first kappa shape index (κ1) is 22.2. The lowest BCUT2D eigenvalue weighted by atomic mass is 10.2. The number of sulfonamides is 1. The summed E-state index contributed by atoms with van der Waals surface area (Å²) >= 11 is 0. The van der Waals surface area contributed by atoms with Crippen LogP contribution in [0.1, 0.15) is 12.8 Å². The van der Waals surface area contributed by atoms with Gasteiger partial charge in [0.1, 0.15) is 17.6 Å². The molecule has 0 radical (unpaired) electrons. The van der Waals surface area contributed by atoms with Crippen LogP contribution in [0.5, 0.6) is 5.75 Å². The molecule has 0 bridgehead atoms. The lowest BCUT2D eigenvalue weighted by Gasteiger charge is -2.28. The summed E-state index contributed by atoms with van der Waals surface area (Å²) in [6.07, 6.45) is 0.945. The number of rotatable bonds is 8. The van der Waals surface area contributed by atoms with Crippen LogP contribution in [-0.4, -0.2) is 43.9 Å². The van der Waals surface area contributed by atoms with Crippen LogP contribution in [0.15, 0.2) is 53.1 Å². The Morgan fingerprint density at radius 2 is 1.97 bits per heavy atom. The number of amides is 1. The van der Waals surface area contributed by atoms with Crippen LogP contribution >= 0.6 is 0 Å². The molecule has 3 rings (SSSR count). The topological polar surface area (TPSA) is 115 Å². The molecule has 2 aromatic carbocycles. The van der Waals surface area contributed by atoms with E-state index in [1.165, 1.54) is 25.1 Å². The first-order valence-electron chi connectivity index (χ1n) is 9.18. The standard InChI is InChI=1S/C20H21FN4O5S/c1-13(25(31(3,27)28)16-6-4-5-15(21)11-16)20(26)22-12-18-23-19(24-30-18)14-7-9-17(29-2)10-8-14/h4-11,13H,12H2,1-3H3,(H,22,26)/t13-/m1/s1. The van der Waals surface area contributed by atoms with Crippen LogP contribution in [0.25, 0.3) is 11.4 Å². The summed E-state index contributed by atoms with van der Waals surface area (Å²) in [5.74, 6) is -0.0717. The van der Waals surface area contributed by atoms with E-state index in [0.717, 1.165) is 16.6 Å². The molecule has 1 aromatic heterocycles. The van der Waals surface area contributed by atoms with E-state index in [0.29, 0.717) is 17.1 Å². The van der Waals surface area contributed by atoms with Gasteiger partial charge in [-0.3, -0.25) is 9.10 Å². The molecule has 0 unspecified atom stereocenters. The number of nitrogens with zero attached hydrogens (tertiary/aromatic N) is 3. The van der Waals surface area contributed by atoms with E-state index in [1.54, 1.807) is 31.4 Å². The van der Waals surface area contributed by atoms with Crippen molar-refractivity contribution in [2.45, 2.75) is 19.5 Å². The molecule has 164 valence electrons. The molecule has 0 aliphatic rings. The SMILES string of the molecule is COc1ccc(-c2noc(CNC(=O)[C@@H](C)N(c3cccc(F)c3)S(C)(=O)=O)n2)cc1. The highest BCUT2D eigenvalue weighted by molar-refractivity contribution is 7.92. The van der Waals surface area contributed by atoms with Crippen LogP contribution in [0.4, 0.5) is 10.1 Å². The van der Waals surface area contributed by atoms with Crippen molar-refractivity contribution in [2.75, 3.05) is 17.7 Å². The predicted octanol–water partition coefficient (Wildman–Crippen LogP) is 2.36. The van der Waals surface area contributed by atoms with E-state index in [2.05, 4.69) is 15.5 Å². The number of ether oxygens (including phenoxy) is 1. The third-order valence-corrected chi connectivity index (χ3v) is 5.62. The number of aromatic nitrogens is 2. The molecule has 31 heavy (non-hydrogen) atoms. The maximum atomic E-state index is 13.6. The Morgan fingerprint density at radius 3 is 2.58 bits per heavy atom. The summed E-state index contributed by atoms with van der Waals surface area (Å²) in [7, 11) is -2.30. The van der Waals surface area contributed by atoms with Crippen molar-refractivity contribution in [3.05, 3.63) is 60.2 Å². The van der Waals surface area contributed by atoms with Crippen molar-refractivity contribution >= 4 is 21.6 Å². The highest BCUT2D eigenvalue weighted by Crippen LogP contribution is 2.22. The fourth-order valence-electron chi connectivity index (χ4n) is 2.92. The molecule has 0 spiro atoms. The fraction of sp³-hybridized carbons (Fsp3) is 0.250. The second-order valence-corrected chi connectivity index (χ2v) is 8.53. The number of methoxy groups -OCH3 is 1. The average Bonchev–Trinajstić information content (AvgIpc) is 3.20. The number of hydrogen-bond donors (Lipinski definition) is 1. The Bertz CT molecular complexity index is 1160. The lowest BCUT2D eigenvalue weighted by molar-refractivity contribution is -0.122. The molecule has 9 nitrogen and oxygen atoms in total. The van der Waals surface area contributed by atoms with Gasteiger partial charge in [0.15, 0.2) is 0 Å². The van der Waals surface area contributed by atoms with Crippen LogP contribution in [0, 0.1) is 5.82 Å². The van der Waals surface area contributed by atoms with Gasteiger partial charge in [-0.1, -0.05) is 11.2 Å². The summed E-state index contributed by atoms with van der Waals surface area (Å²) < 4.78 is 49.2. The Balaban J connectivity index is 1.70. The zero-order chi connectivity index (χ0) is 22.6. The van der Waals surface area contributed by atoms with Gasteiger partial charge in [0.25, 0.3) is 0 Å². The zero-order valence-electron chi connectivity index (χ0n) is 17.1. The first-order valence-corrected chi connectivity index (χ1v) is 11.0. The second kappa shape index (κ2) is 9.13. The van der Waals surface area contributed by atoms with Crippen LogP contribution in [0.3, 0.4) is 0 Å². The number of hydrogen-bond acceptors (Lipinski definition) is 7. The van der Waals surface area contributed by atoms with Gasteiger partial charge in [0.05, 0.1) is 25.6 Å². The number of anilines is 1. The Hall–Kier alpha value is -3.47. The van der Waals surface area contributed by atoms with Gasteiger partial charge in [0, 0.05) is 5.56 Å². The summed E-state index contributed by atoms with van der Waals surface area (Å²) in [6.45, 7) is 1.30. The summed E-state index contributed by atoms with van der Waals surface area (Å²) in [5.41, 5.74) is 0.745. The highest BCUT2D eigenvalue weighted by Gasteiger charge is 2.29. The van der Waals surface area contributed by atoms with Crippen LogP contribution in [-0.2, 0) is 21.4 Å². The molecule has 0 fully saturated rings. The van der Waals surface area contributed by atoms with Crippen LogP contribution < -0.4 is 14.4 Å². The minimum absolute atomic E-state index is 0.0460. The molecule has 0 aliphatic heterocycles. The molecule has 3 aromatic rings. The third-order valence-electron chi connectivity index (χ3n) is 4.38. The van der Waals surface area contributed by atoms with E-state index >= 15 is 0 Å². The Kier molecular flexibility index (Phi) is 6.54. The van der Waals surface area contributed by atoms with E-state index < -0.39 is 27.8 Å². The summed E-state index contributed by atoms with van der Waals surface area (Å²) in [5, 5.41) is 6.43. The third kappa shape index (κ3) is 5.37. The van der Waals surface area contributed by atoms with Gasteiger partial charge in [-0.05, 0) is 49.4 Å². The van der Waals surface area contributed by atoms with E-state index in [-0.39, 0.29) is 18.1 Å². The van der Waals surface area contributed by atoms with Gasteiger partial charge < -0.3 is 14.6 Å². The predicted molar refractivity (Wildman–Crippen MR) is 111 cm³/mol. The van der Waals surface area contributed by atoms with Gasteiger partial charge in [-0.2, -0.15) is 4.98 Å². The van der Waals surface area contributed by atoms with Crippen molar-refractivity contribution in [2.24, 2.45) is 0 Å². The molecule has 1 heterocycles. The minimum atomic E-state index is -3.86. The normalized spacial score (nSPS) is 12.3. The maximum absolute atomic E-state index is 13.6. The number of benzene rings is 2.